The molecule has 2 aliphatic heterocycles. The molecule has 0 atom stereocenters. The first kappa shape index (κ1) is 50.7. The van der Waals surface area contributed by atoms with Crippen molar-refractivity contribution in [2.45, 2.75) is 32.0 Å². The second-order valence-corrected chi connectivity index (χ2v) is 26.8. The Morgan fingerprint density at radius 1 is 0.475 bits per heavy atom. The molecule has 0 amide bonds. The number of aromatic nitrogens is 2. The largest absolute Gasteiger partial charge is 0.509 e. The molecule has 12 aromatic rings. The molecule has 7 heteroatoms. The average molecular weight is 1230 g/mol. The number of benzene rings is 10. The summed E-state index contributed by atoms with van der Waals surface area (Å²) in [4.78, 5) is 9.55. The minimum atomic E-state index is -2.27. The van der Waals surface area contributed by atoms with Crippen molar-refractivity contribution in [1.29, 1.82) is 0 Å². The first-order valence-corrected chi connectivity index (χ1v) is 30.1. The van der Waals surface area contributed by atoms with Crippen molar-refractivity contribution in [3.8, 4) is 84.1 Å². The molecule has 10 aromatic carbocycles. The predicted octanol–water partition coefficient (Wildman–Crippen LogP) is 18.6. The van der Waals surface area contributed by atoms with Crippen molar-refractivity contribution in [2.75, 3.05) is 9.80 Å². The molecular weight excluding hydrogens is 1170 g/mol. The molecule has 0 fully saturated rings. The van der Waals surface area contributed by atoms with E-state index in [-0.39, 0.29) is 26.1 Å². The van der Waals surface area contributed by atoms with E-state index in [0.717, 1.165) is 83.5 Å². The molecule has 2 aromatic heterocycles. The number of hydrogen-bond acceptors (Lipinski definition) is 4. The van der Waals surface area contributed by atoms with Gasteiger partial charge in [-0.2, -0.15) is 12.1 Å². The minimum Gasteiger partial charge on any atom is -0.509 e. The maximum atomic E-state index is 6.86. The summed E-state index contributed by atoms with van der Waals surface area (Å²) < 4.78 is 9.03. The maximum absolute atomic E-state index is 6.86. The van der Waals surface area contributed by atoms with Crippen LogP contribution in [-0.4, -0.2) is 17.6 Å². The summed E-state index contributed by atoms with van der Waals surface area (Å²) in [5, 5.41) is 3.37. The SMILES string of the molecule is CC1(C)C2=CN(c3c(-c4cc(-c5ccccc5)cc(-c5ccccc5)c4)cccc3-c3cc(-c4ccccc4)cc(-c4ccccc4)c3)[CH-]N2c2[c-]c(Oc3[c-]c4c(cc3)c3ccccc3n4-c3ccccn3)ccc2[Si]1(C)C.[Pt]. The molecule has 4 heterocycles. The van der Waals surface area contributed by atoms with Gasteiger partial charge in [0.1, 0.15) is 5.82 Å². The van der Waals surface area contributed by atoms with E-state index in [1.807, 2.05) is 30.5 Å². The molecular formula is C73H55N4OPtSi-3. The van der Waals surface area contributed by atoms with E-state index >= 15 is 0 Å². The molecule has 0 saturated heterocycles. The van der Waals surface area contributed by atoms with Gasteiger partial charge < -0.3 is 19.1 Å². The van der Waals surface area contributed by atoms with E-state index in [1.54, 1.807) is 0 Å². The van der Waals surface area contributed by atoms with Crippen LogP contribution in [0.1, 0.15) is 13.8 Å². The van der Waals surface area contributed by atoms with Gasteiger partial charge in [0.2, 0.25) is 0 Å². The molecule has 0 aliphatic carbocycles. The van der Waals surface area contributed by atoms with Gasteiger partial charge in [-0.3, -0.25) is 0 Å². The van der Waals surface area contributed by atoms with E-state index in [1.165, 1.54) is 33.1 Å². The van der Waals surface area contributed by atoms with Gasteiger partial charge in [0.05, 0.1) is 0 Å². The molecule has 390 valence electrons. The van der Waals surface area contributed by atoms with Crippen molar-refractivity contribution >= 4 is 46.4 Å². The summed E-state index contributed by atoms with van der Waals surface area (Å²) >= 11 is 0. The van der Waals surface area contributed by atoms with E-state index in [9.17, 15) is 0 Å². The van der Waals surface area contributed by atoms with Crippen LogP contribution in [0.2, 0.25) is 18.1 Å². The number of para-hydroxylation sites is 2. The normalized spacial score (nSPS) is 14.1. The molecule has 14 rings (SSSR count). The third-order valence-electron chi connectivity index (χ3n) is 16.6. The molecule has 2 aliphatic rings. The van der Waals surface area contributed by atoms with E-state index in [2.05, 4.69) is 285 Å². The number of nitrogens with zero attached hydrogens (tertiary/aromatic N) is 4. The van der Waals surface area contributed by atoms with Gasteiger partial charge in [-0.15, -0.1) is 41.5 Å². The number of fused-ring (bicyclic) bond motifs is 6. The molecule has 0 N–H and O–H groups in total. The maximum Gasteiger partial charge on any atom is 0.135 e. The van der Waals surface area contributed by atoms with Crippen LogP contribution >= 0.6 is 0 Å². The molecule has 0 radical (unpaired) electrons. The van der Waals surface area contributed by atoms with Crippen molar-refractivity contribution in [1.82, 2.24) is 9.55 Å². The quantitative estimate of drug-likeness (QED) is 0.101. The molecule has 80 heavy (non-hydrogen) atoms. The third-order valence-corrected chi connectivity index (χ3v) is 21.8. The molecule has 5 nitrogen and oxygen atoms in total. The number of ether oxygens (including phenoxy) is 1. The van der Waals surface area contributed by atoms with Gasteiger partial charge in [0.15, 0.2) is 0 Å². The zero-order chi connectivity index (χ0) is 53.2. The number of anilines is 2. The van der Waals surface area contributed by atoms with Crippen molar-refractivity contribution in [3.63, 3.8) is 0 Å². The van der Waals surface area contributed by atoms with Crippen LogP contribution in [-0.2, 0) is 21.1 Å². The van der Waals surface area contributed by atoms with Gasteiger partial charge in [0.25, 0.3) is 0 Å². The van der Waals surface area contributed by atoms with Crippen LogP contribution in [0, 0.1) is 18.8 Å². The second-order valence-electron chi connectivity index (χ2n) is 21.7. The van der Waals surface area contributed by atoms with E-state index in [4.69, 9.17) is 9.72 Å². The standard InChI is InChI=1S/C73H55N4OSi.Pt/c1-73(2)70-48-75(49-76(70)68-47-61(36-38-69(68)79(73,3)4)78-60-35-37-65-64-30-17-18-33-66(64)77(67(65)46-60)71-34-19-20-39-74-71)72-62(58-42-54(50-22-9-5-10-23-50)40-55(43-58)51-24-11-6-12-25-51)31-21-32-63(72)59-44-56(52-26-13-7-14-27-52)41-57(45-59)53-28-15-8-16-29-53;/h5-45,48-49H,1-4H3;/q-3;. The zero-order valence-corrected chi connectivity index (χ0v) is 48.1. The van der Waals surface area contributed by atoms with Crippen LogP contribution in [0.3, 0.4) is 0 Å². The number of rotatable bonds is 10. The van der Waals surface area contributed by atoms with Crippen molar-refractivity contribution in [3.05, 3.63) is 280 Å². The zero-order valence-electron chi connectivity index (χ0n) is 44.8. The number of pyridine rings is 1. The molecule has 0 unspecified atom stereocenters. The summed E-state index contributed by atoms with van der Waals surface area (Å²) in [5.74, 6) is 2.07. The van der Waals surface area contributed by atoms with Crippen molar-refractivity contribution < 1.29 is 25.8 Å². The Bertz CT molecular complexity index is 4050. The summed E-state index contributed by atoms with van der Waals surface area (Å²) in [6.45, 7) is 12.2. The minimum absolute atomic E-state index is 0. The van der Waals surface area contributed by atoms with Gasteiger partial charge >= 0.3 is 0 Å². The fourth-order valence-electron chi connectivity index (χ4n) is 11.9. The Labute approximate surface area is 484 Å². The van der Waals surface area contributed by atoms with Gasteiger partial charge in [-0.1, -0.05) is 202 Å². The van der Waals surface area contributed by atoms with Crippen LogP contribution < -0.4 is 19.7 Å². The predicted molar refractivity (Wildman–Crippen MR) is 330 cm³/mol. The number of hydrogen-bond donors (Lipinski definition) is 0. The second kappa shape index (κ2) is 20.5. The van der Waals surface area contributed by atoms with E-state index in [0.29, 0.717) is 11.5 Å². The molecule has 0 spiro atoms. The Morgan fingerprint density at radius 2 is 0.963 bits per heavy atom. The Kier molecular flexibility index (Phi) is 13.0. The topological polar surface area (TPSA) is 33.5 Å². The monoisotopic (exact) mass is 1230 g/mol. The summed E-state index contributed by atoms with van der Waals surface area (Å²) in [6.07, 6.45) is 4.23. The van der Waals surface area contributed by atoms with Crippen LogP contribution in [0.25, 0.3) is 94.4 Å². The third kappa shape index (κ3) is 8.80. The smallest absolute Gasteiger partial charge is 0.135 e. The first-order valence-electron chi connectivity index (χ1n) is 27.1. The fraction of sp³-hybridized carbons (Fsp3) is 0.0685. The molecule has 0 saturated carbocycles. The van der Waals surface area contributed by atoms with Crippen LogP contribution in [0.4, 0.5) is 11.4 Å². The fourth-order valence-corrected chi connectivity index (χ4v) is 14.6. The summed E-state index contributed by atoms with van der Waals surface area (Å²) in [7, 11) is -2.27. The Morgan fingerprint density at radius 3 is 1.50 bits per heavy atom. The Balaban J connectivity index is 0.00000605. The summed E-state index contributed by atoms with van der Waals surface area (Å²) in [6, 6.07) is 94.5. The van der Waals surface area contributed by atoms with E-state index < -0.39 is 8.07 Å². The summed E-state index contributed by atoms with van der Waals surface area (Å²) in [5.41, 5.74) is 19.1. The molecule has 0 bridgehead atoms. The van der Waals surface area contributed by atoms with Crippen molar-refractivity contribution in [2.24, 2.45) is 0 Å². The number of allylic oxidation sites excluding steroid dienone is 1. The van der Waals surface area contributed by atoms with Gasteiger partial charge in [-0.05, 0) is 127 Å². The first-order chi connectivity index (χ1) is 38.7. The Hall–Kier alpha value is -8.80. The average Bonchev–Trinajstić information content (AvgIpc) is 4.18. The van der Waals surface area contributed by atoms with Gasteiger partial charge in [0, 0.05) is 74.9 Å². The van der Waals surface area contributed by atoms with Crippen LogP contribution in [0.15, 0.2) is 261 Å². The van der Waals surface area contributed by atoms with Gasteiger partial charge in [-0.25, -0.2) is 4.98 Å². The van der Waals surface area contributed by atoms with Crippen LogP contribution in [0.5, 0.6) is 11.5 Å².